The predicted octanol–water partition coefficient (Wildman–Crippen LogP) is 3.39. The first-order chi connectivity index (χ1) is 8.76. The van der Waals surface area contributed by atoms with E-state index in [0.29, 0.717) is 17.9 Å². The number of nitrogens with one attached hydrogen (secondary N) is 1. The molecular formula is C15H23NO3. The highest BCUT2D eigenvalue weighted by Gasteiger charge is 2.18. The molecule has 0 aromatic heterocycles. The van der Waals surface area contributed by atoms with Crippen molar-refractivity contribution in [3.05, 3.63) is 17.7 Å². The molecule has 1 rings (SSSR count). The highest BCUT2D eigenvalue weighted by molar-refractivity contribution is 5.93. The van der Waals surface area contributed by atoms with E-state index in [2.05, 4.69) is 5.32 Å². The summed E-state index contributed by atoms with van der Waals surface area (Å²) in [5.41, 5.74) is 1.55. The lowest BCUT2D eigenvalue weighted by Crippen LogP contribution is -2.20. The second-order valence-electron chi connectivity index (χ2n) is 5.81. The number of carbonyl (C=O) groups excluding carboxylic acids is 1. The third kappa shape index (κ3) is 4.47. The van der Waals surface area contributed by atoms with Gasteiger partial charge in [0.05, 0.1) is 19.9 Å². The Kier molecular flexibility index (Phi) is 4.81. The lowest BCUT2D eigenvalue weighted by molar-refractivity contribution is -0.117. The zero-order valence-electron chi connectivity index (χ0n) is 12.6. The van der Waals surface area contributed by atoms with Crippen molar-refractivity contribution in [3.8, 4) is 11.5 Å². The summed E-state index contributed by atoms with van der Waals surface area (Å²) in [5.74, 6) is 1.34. The van der Waals surface area contributed by atoms with E-state index in [-0.39, 0.29) is 11.3 Å². The Bertz CT molecular complexity index is 461. The maximum atomic E-state index is 12.0. The minimum absolute atomic E-state index is 0.0308. The number of amides is 1. The summed E-state index contributed by atoms with van der Waals surface area (Å²) in [6.07, 6.45) is 0.451. The summed E-state index contributed by atoms with van der Waals surface area (Å²) < 4.78 is 10.5. The van der Waals surface area contributed by atoms with Crippen LogP contribution >= 0.6 is 0 Å². The van der Waals surface area contributed by atoms with E-state index < -0.39 is 0 Å². The van der Waals surface area contributed by atoms with E-state index in [1.165, 1.54) is 0 Å². The Morgan fingerprint density at radius 1 is 1.16 bits per heavy atom. The monoisotopic (exact) mass is 265 g/mol. The number of aryl methyl sites for hydroxylation is 1. The molecule has 0 unspecified atom stereocenters. The van der Waals surface area contributed by atoms with E-state index in [0.717, 1.165) is 11.3 Å². The molecule has 0 bridgehead atoms. The van der Waals surface area contributed by atoms with Gasteiger partial charge in [-0.1, -0.05) is 20.8 Å². The Morgan fingerprint density at radius 2 is 1.74 bits per heavy atom. The van der Waals surface area contributed by atoms with Crippen LogP contribution in [0.25, 0.3) is 0 Å². The van der Waals surface area contributed by atoms with Crippen LogP contribution in [0.4, 0.5) is 5.69 Å². The predicted molar refractivity (Wildman–Crippen MR) is 77.0 cm³/mol. The zero-order chi connectivity index (χ0) is 14.6. The van der Waals surface area contributed by atoms with Crippen LogP contribution in [0.3, 0.4) is 0 Å². The van der Waals surface area contributed by atoms with Crippen molar-refractivity contribution in [2.24, 2.45) is 5.41 Å². The summed E-state index contributed by atoms with van der Waals surface area (Å²) in [4.78, 5) is 12.0. The quantitative estimate of drug-likeness (QED) is 0.907. The van der Waals surface area contributed by atoms with Crippen LogP contribution in [0.2, 0.25) is 0 Å². The van der Waals surface area contributed by atoms with Crippen LogP contribution in [-0.4, -0.2) is 20.1 Å². The average Bonchev–Trinajstić information content (AvgIpc) is 2.28. The number of carbonyl (C=O) groups is 1. The van der Waals surface area contributed by atoms with E-state index in [1.807, 2.05) is 33.8 Å². The number of hydrogen-bond donors (Lipinski definition) is 1. The molecule has 0 radical (unpaired) electrons. The van der Waals surface area contributed by atoms with Gasteiger partial charge in [0, 0.05) is 12.5 Å². The second-order valence-corrected chi connectivity index (χ2v) is 5.81. The van der Waals surface area contributed by atoms with Gasteiger partial charge in [-0.2, -0.15) is 0 Å². The number of anilines is 1. The van der Waals surface area contributed by atoms with Crippen molar-refractivity contribution in [3.63, 3.8) is 0 Å². The lowest BCUT2D eigenvalue weighted by Gasteiger charge is -2.19. The van der Waals surface area contributed by atoms with Crippen molar-refractivity contribution < 1.29 is 14.3 Å². The van der Waals surface area contributed by atoms with Gasteiger partial charge in [-0.3, -0.25) is 4.79 Å². The van der Waals surface area contributed by atoms with Gasteiger partial charge >= 0.3 is 0 Å². The molecule has 0 spiro atoms. The normalized spacial score (nSPS) is 11.1. The van der Waals surface area contributed by atoms with Crippen molar-refractivity contribution in [2.75, 3.05) is 19.5 Å². The molecule has 0 atom stereocenters. The summed E-state index contributed by atoms with van der Waals surface area (Å²) in [6.45, 7) is 8.01. The Hall–Kier alpha value is -1.71. The van der Waals surface area contributed by atoms with Gasteiger partial charge in [-0.25, -0.2) is 0 Å². The number of rotatable bonds is 4. The first kappa shape index (κ1) is 15.3. The van der Waals surface area contributed by atoms with Crippen molar-refractivity contribution in [2.45, 2.75) is 34.1 Å². The first-order valence-electron chi connectivity index (χ1n) is 6.29. The SMILES string of the molecule is COc1cc(NC(=O)CC(C)(C)C)c(OC)cc1C. The largest absolute Gasteiger partial charge is 0.496 e. The van der Waals surface area contributed by atoms with Gasteiger partial charge in [-0.05, 0) is 24.0 Å². The molecule has 0 saturated carbocycles. The average molecular weight is 265 g/mol. The van der Waals surface area contributed by atoms with E-state index in [9.17, 15) is 4.79 Å². The summed E-state index contributed by atoms with van der Waals surface area (Å²) in [7, 11) is 3.19. The van der Waals surface area contributed by atoms with Gasteiger partial charge in [0.2, 0.25) is 5.91 Å². The molecule has 106 valence electrons. The van der Waals surface area contributed by atoms with Crippen LogP contribution in [0, 0.1) is 12.3 Å². The van der Waals surface area contributed by atoms with Gasteiger partial charge in [0.1, 0.15) is 11.5 Å². The molecule has 0 heterocycles. The van der Waals surface area contributed by atoms with Gasteiger partial charge in [0.15, 0.2) is 0 Å². The number of methoxy groups -OCH3 is 2. The molecule has 0 aliphatic heterocycles. The van der Waals surface area contributed by atoms with Gasteiger partial charge < -0.3 is 14.8 Å². The number of benzene rings is 1. The Balaban J connectivity index is 2.96. The molecule has 4 nitrogen and oxygen atoms in total. The van der Waals surface area contributed by atoms with Gasteiger partial charge in [0.25, 0.3) is 0 Å². The first-order valence-corrected chi connectivity index (χ1v) is 6.29. The van der Waals surface area contributed by atoms with Crippen molar-refractivity contribution in [1.82, 2.24) is 0 Å². The Morgan fingerprint density at radius 3 is 2.21 bits per heavy atom. The van der Waals surface area contributed by atoms with E-state index in [4.69, 9.17) is 9.47 Å². The summed E-state index contributed by atoms with van der Waals surface area (Å²) in [5, 5.41) is 2.88. The van der Waals surface area contributed by atoms with Crippen molar-refractivity contribution >= 4 is 11.6 Å². The van der Waals surface area contributed by atoms with Crippen LogP contribution in [-0.2, 0) is 4.79 Å². The van der Waals surface area contributed by atoms with Crippen LogP contribution in [0.15, 0.2) is 12.1 Å². The molecule has 1 amide bonds. The van der Waals surface area contributed by atoms with Gasteiger partial charge in [-0.15, -0.1) is 0 Å². The molecule has 1 aromatic carbocycles. The molecule has 4 heteroatoms. The maximum Gasteiger partial charge on any atom is 0.225 e. The molecule has 0 aliphatic carbocycles. The van der Waals surface area contributed by atoms with E-state index >= 15 is 0 Å². The fraction of sp³-hybridized carbons (Fsp3) is 0.533. The summed E-state index contributed by atoms with van der Waals surface area (Å²) >= 11 is 0. The minimum Gasteiger partial charge on any atom is -0.496 e. The summed E-state index contributed by atoms with van der Waals surface area (Å²) in [6, 6.07) is 3.64. The highest BCUT2D eigenvalue weighted by atomic mass is 16.5. The lowest BCUT2D eigenvalue weighted by atomic mass is 9.92. The topological polar surface area (TPSA) is 47.6 Å². The van der Waals surface area contributed by atoms with E-state index in [1.54, 1.807) is 20.3 Å². The van der Waals surface area contributed by atoms with Crippen molar-refractivity contribution in [1.29, 1.82) is 0 Å². The van der Waals surface area contributed by atoms with Crippen LogP contribution < -0.4 is 14.8 Å². The van der Waals surface area contributed by atoms with Crippen LogP contribution in [0.1, 0.15) is 32.8 Å². The Labute approximate surface area is 115 Å². The number of ether oxygens (including phenoxy) is 2. The molecule has 1 aromatic rings. The zero-order valence-corrected chi connectivity index (χ0v) is 12.6. The van der Waals surface area contributed by atoms with Crippen LogP contribution in [0.5, 0.6) is 11.5 Å². The molecule has 1 N–H and O–H groups in total. The standard InChI is InChI=1S/C15H23NO3/c1-10-7-13(19-6)11(8-12(10)18-5)16-14(17)9-15(2,3)4/h7-8H,9H2,1-6H3,(H,16,17). The molecular weight excluding hydrogens is 242 g/mol. The molecule has 19 heavy (non-hydrogen) atoms. The number of hydrogen-bond acceptors (Lipinski definition) is 3. The fourth-order valence-electron chi connectivity index (χ4n) is 1.82. The third-order valence-electron chi connectivity index (χ3n) is 2.68. The highest BCUT2D eigenvalue weighted by Crippen LogP contribution is 2.33. The molecule has 0 aliphatic rings. The maximum absolute atomic E-state index is 12.0. The minimum atomic E-state index is -0.0495. The fourth-order valence-corrected chi connectivity index (χ4v) is 1.82. The molecule has 0 fully saturated rings. The molecule has 0 saturated heterocycles. The third-order valence-corrected chi connectivity index (χ3v) is 2.68. The smallest absolute Gasteiger partial charge is 0.225 e. The second kappa shape index (κ2) is 5.95.